The molecule has 0 heterocycles. The second-order valence-electron chi connectivity index (χ2n) is 6.12. The Balaban J connectivity index is 2.50. The minimum Gasteiger partial charge on any atom is -0.316 e. The molecule has 1 nitrogen and oxygen atoms in total. The van der Waals surface area contributed by atoms with Gasteiger partial charge in [0.1, 0.15) is 0 Å². The molecule has 0 aliphatic heterocycles. The standard InChI is InChI=1S/C16H33N/c1-4-12-17-14-16(10-8-7-9-11-16)13-15(5-2)6-3/h15,17H,4-14H2,1-3H3. The van der Waals surface area contributed by atoms with E-state index in [0.29, 0.717) is 5.41 Å². The van der Waals surface area contributed by atoms with Crippen LogP contribution >= 0.6 is 0 Å². The summed E-state index contributed by atoms with van der Waals surface area (Å²) in [6.07, 6.45) is 12.8. The van der Waals surface area contributed by atoms with Crippen LogP contribution in [0.4, 0.5) is 0 Å². The lowest BCUT2D eigenvalue weighted by atomic mass is 9.68. The van der Waals surface area contributed by atoms with Crippen molar-refractivity contribution >= 4 is 0 Å². The van der Waals surface area contributed by atoms with Gasteiger partial charge in [-0.3, -0.25) is 0 Å². The van der Waals surface area contributed by atoms with Crippen LogP contribution in [0.5, 0.6) is 0 Å². The Kier molecular flexibility index (Phi) is 7.18. The van der Waals surface area contributed by atoms with Gasteiger partial charge in [-0.1, -0.05) is 52.9 Å². The fraction of sp³-hybridized carbons (Fsp3) is 1.00. The third kappa shape index (κ3) is 4.99. The summed E-state index contributed by atoms with van der Waals surface area (Å²) < 4.78 is 0. The van der Waals surface area contributed by atoms with Crippen LogP contribution in [0.1, 0.15) is 78.6 Å². The maximum absolute atomic E-state index is 3.70. The Hall–Kier alpha value is -0.0400. The van der Waals surface area contributed by atoms with E-state index >= 15 is 0 Å². The molecule has 1 rings (SSSR count). The van der Waals surface area contributed by atoms with Crippen molar-refractivity contribution in [2.75, 3.05) is 13.1 Å². The molecular weight excluding hydrogens is 206 g/mol. The lowest BCUT2D eigenvalue weighted by Crippen LogP contribution is -2.38. The Bertz CT molecular complexity index is 178. The van der Waals surface area contributed by atoms with Crippen molar-refractivity contribution in [3.63, 3.8) is 0 Å². The van der Waals surface area contributed by atoms with E-state index in [0.717, 1.165) is 5.92 Å². The molecule has 0 aromatic carbocycles. The van der Waals surface area contributed by atoms with Gasteiger partial charge in [0.05, 0.1) is 0 Å². The van der Waals surface area contributed by atoms with E-state index in [2.05, 4.69) is 26.1 Å². The molecule has 0 bridgehead atoms. The highest BCUT2D eigenvalue weighted by Gasteiger charge is 2.33. The summed E-state index contributed by atoms with van der Waals surface area (Å²) in [5.74, 6) is 0.955. The van der Waals surface area contributed by atoms with Crippen molar-refractivity contribution in [2.24, 2.45) is 11.3 Å². The first-order chi connectivity index (χ1) is 8.26. The van der Waals surface area contributed by atoms with Gasteiger partial charge in [0, 0.05) is 6.54 Å². The second-order valence-corrected chi connectivity index (χ2v) is 6.12. The maximum atomic E-state index is 3.70. The van der Waals surface area contributed by atoms with Crippen molar-refractivity contribution in [1.29, 1.82) is 0 Å². The van der Waals surface area contributed by atoms with Gasteiger partial charge < -0.3 is 5.32 Å². The zero-order valence-corrected chi connectivity index (χ0v) is 12.4. The molecule has 1 aliphatic carbocycles. The van der Waals surface area contributed by atoms with Crippen molar-refractivity contribution in [3.05, 3.63) is 0 Å². The van der Waals surface area contributed by atoms with Crippen molar-refractivity contribution < 1.29 is 0 Å². The molecule has 102 valence electrons. The fourth-order valence-electron chi connectivity index (χ4n) is 3.47. The van der Waals surface area contributed by atoms with Gasteiger partial charge in [-0.2, -0.15) is 0 Å². The summed E-state index contributed by atoms with van der Waals surface area (Å²) in [4.78, 5) is 0. The van der Waals surface area contributed by atoms with E-state index in [-0.39, 0.29) is 0 Å². The van der Waals surface area contributed by atoms with E-state index in [1.165, 1.54) is 70.9 Å². The Morgan fingerprint density at radius 1 is 1.00 bits per heavy atom. The highest BCUT2D eigenvalue weighted by molar-refractivity contribution is 4.86. The molecule has 0 aromatic heterocycles. The van der Waals surface area contributed by atoms with Crippen LogP contribution in [-0.2, 0) is 0 Å². The van der Waals surface area contributed by atoms with E-state index in [1.54, 1.807) is 0 Å². The molecule has 1 heteroatoms. The Morgan fingerprint density at radius 2 is 1.65 bits per heavy atom. The van der Waals surface area contributed by atoms with Crippen LogP contribution in [0.25, 0.3) is 0 Å². The minimum absolute atomic E-state index is 0.643. The molecule has 0 unspecified atom stereocenters. The number of nitrogens with one attached hydrogen (secondary N) is 1. The number of hydrogen-bond acceptors (Lipinski definition) is 1. The predicted octanol–water partition coefficient (Wildman–Crippen LogP) is 4.76. The summed E-state index contributed by atoms with van der Waals surface area (Å²) in [6, 6.07) is 0. The summed E-state index contributed by atoms with van der Waals surface area (Å²) in [5.41, 5.74) is 0.643. The molecule has 0 amide bonds. The molecule has 1 N–H and O–H groups in total. The van der Waals surface area contributed by atoms with Crippen LogP contribution in [0, 0.1) is 11.3 Å². The number of rotatable bonds is 8. The van der Waals surface area contributed by atoms with Gasteiger partial charge in [-0.25, -0.2) is 0 Å². The molecule has 0 radical (unpaired) electrons. The number of hydrogen-bond donors (Lipinski definition) is 1. The maximum Gasteiger partial charge on any atom is 0.000791 e. The topological polar surface area (TPSA) is 12.0 Å². The summed E-state index contributed by atoms with van der Waals surface area (Å²) in [7, 11) is 0. The molecule has 0 saturated heterocycles. The highest BCUT2D eigenvalue weighted by atomic mass is 14.9. The second kappa shape index (κ2) is 8.13. The quantitative estimate of drug-likeness (QED) is 0.602. The van der Waals surface area contributed by atoms with Gasteiger partial charge in [-0.05, 0) is 43.6 Å². The van der Waals surface area contributed by atoms with Gasteiger partial charge in [-0.15, -0.1) is 0 Å². The van der Waals surface area contributed by atoms with E-state index in [1.807, 2.05) is 0 Å². The molecule has 1 saturated carbocycles. The summed E-state index contributed by atoms with van der Waals surface area (Å²) >= 11 is 0. The van der Waals surface area contributed by atoms with Gasteiger partial charge in [0.2, 0.25) is 0 Å². The summed E-state index contributed by atoms with van der Waals surface area (Å²) in [6.45, 7) is 9.47. The minimum atomic E-state index is 0.643. The van der Waals surface area contributed by atoms with Crippen molar-refractivity contribution in [3.8, 4) is 0 Å². The zero-order chi connectivity index (χ0) is 12.6. The fourth-order valence-corrected chi connectivity index (χ4v) is 3.47. The van der Waals surface area contributed by atoms with Crippen molar-refractivity contribution in [2.45, 2.75) is 78.6 Å². The Labute approximate surface area is 109 Å². The highest BCUT2D eigenvalue weighted by Crippen LogP contribution is 2.42. The largest absolute Gasteiger partial charge is 0.316 e. The van der Waals surface area contributed by atoms with Gasteiger partial charge in [0.25, 0.3) is 0 Å². The third-order valence-corrected chi connectivity index (χ3v) is 4.72. The zero-order valence-electron chi connectivity index (χ0n) is 12.4. The van der Waals surface area contributed by atoms with E-state index in [9.17, 15) is 0 Å². The molecule has 0 aromatic rings. The van der Waals surface area contributed by atoms with Crippen LogP contribution < -0.4 is 5.32 Å². The molecule has 17 heavy (non-hydrogen) atoms. The molecule has 1 fully saturated rings. The first kappa shape index (κ1) is 15.0. The monoisotopic (exact) mass is 239 g/mol. The first-order valence-electron chi connectivity index (χ1n) is 7.97. The smallest absolute Gasteiger partial charge is 0.000791 e. The normalized spacial score (nSPS) is 19.8. The average molecular weight is 239 g/mol. The van der Waals surface area contributed by atoms with E-state index < -0.39 is 0 Å². The van der Waals surface area contributed by atoms with Gasteiger partial charge >= 0.3 is 0 Å². The molecule has 0 spiro atoms. The average Bonchev–Trinajstić information content (AvgIpc) is 2.37. The van der Waals surface area contributed by atoms with Crippen LogP contribution in [0.2, 0.25) is 0 Å². The van der Waals surface area contributed by atoms with Crippen LogP contribution in [0.3, 0.4) is 0 Å². The first-order valence-corrected chi connectivity index (χ1v) is 7.97. The Morgan fingerprint density at radius 3 is 2.18 bits per heavy atom. The lowest BCUT2D eigenvalue weighted by Gasteiger charge is -2.40. The molecular formula is C16H33N. The third-order valence-electron chi connectivity index (χ3n) is 4.72. The molecule has 0 atom stereocenters. The lowest BCUT2D eigenvalue weighted by molar-refractivity contribution is 0.134. The molecule has 1 aliphatic rings. The van der Waals surface area contributed by atoms with E-state index in [4.69, 9.17) is 0 Å². The van der Waals surface area contributed by atoms with Crippen molar-refractivity contribution in [1.82, 2.24) is 5.32 Å². The van der Waals surface area contributed by atoms with Crippen LogP contribution in [-0.4, -0.2) is 13.1 Å². The van der Waals surface area contributed by atoms with Crippen LogP contribution in [0.15, 0.2) is 0 Å². The SMILES string of the molecule is CCCNCC1(CC(CC)CC)CCCCC1. The van der Waals surface area contributed by atoms with Gasteiger partial charge in [0.15, 0.2) is 0 Å². The predicted molar refractivity (Wildman–Crippen MR) is 77.4 cm³/mol. The summed E-state index contributed by atoms with van der Waals surface area (Å²) in [5, 5.41) is 3.70.